The molecule has 25 heavy (non-hydrogen) atoms. The maximum Gasteiger partial charge on any atom is 0.278 e. The van der Waals surface area contributed by atoms with E-state index in [0.717, 1.165) is 18.4 Å². The van der Waals surface area contributed by atoms with Crippen LogP contribution in [0.1, 0.15) is 52.1 Å². The number of nitrogens with two attached hydrogens (primary N) is 1. The smallest absolute Gasteiger partial charge is 0.278 e. The lowest BCUT2D eigenvalue weighted by atomic mass is 10.1. The van der Waals surface area contributed by atoms with Crippen LogP contribution in [0.5, 0.6) is 0 Å². The van der Waals surface area contributed by atoms with Gasteiger partial charge in [0.15, 0.2) is 6.04 Å². The van der Waals surface area contributed by atoms with Gasteiger partial charge in [-0.2, -0.15) is 4.31 Å². The molecule has 1 amide bonds. The van der Waals surface area contributed by atoms with Crippen molar-refractivity contribution in [3.05, 3.63) is 29.8 Å². The summed E-state index contributed by atoms with van der Waals surface area (Å²) < 4.78 is 26.5. The fraction of sp³-hybridized carbons (Fsp3) is 0.611. The van der Waals surface area contributed by atoms with Crippen molar-refractivity contribution < 1.29 is 18.5 Å². The van der Waals surface area contributed by atoms with Gasteiger partial charge in [0.25, 0.3) is 5.91 Å². The Hall–Kier alpha value is -1.44. The van der Waals surface area contributed by atoms with E-state index in [9.17, 15) is 13.2 Å². The number of hydrogen-bond acceptors (Lipinski definition) is 3. The van der Waals surface area contributed by atoms with Gasteiger partial charge in [0.1, 0.15) is 6.04 Å². The van der Waals surface area contributed by atoms with Crippen LogP contribution in [0.25, 0.3) is 0 Å². The number of nitrogens with zero attached hydrogens (tertiary/aromatic N) is 1. The molecule has 0 saturated heterocycles. The maximum absolute atomic E-state index is 12.5. The first kappa shape index (κ1) is 19.9. The third kappa shape index (κ3) is 5.03. The summed E-state index contributed by atoms with van der Waals surface area (Å²) in [7, 11) is -3.43. The molecule has 1 aliphatic rings. The average Bonchev–Trinajstić information content (AvgIpc) is 3.39. The number of carbonyl (C=O) groups is 1. The first-order chi connectivity index (χ1) is 11.8. The second kappa shape index (κ2) is 8.29. The summed E-state index contributed by atoms with van der Waals surface area (Å²) in [6.07, 6.45) is 2.16. The van der Waals surface area contributed by atoms with Crippen molar-refractivity contribution in [1.82, 2.24) is 9.62 Å². The number of carbonyl (C=O) groups excluding carboxylic acids is 1. The molecule has 0 radical (unpaired) electrons. The van der Waals surface area contributed by atoms with Gasteiger partial charge < -0.3 is 10.6 Å². The van der Waals surface area contributed by atoms with Crippen molar-refractivity contribution in [2.24, 2.45) is 0 Å². The minimum atomic E-state index is -3.43. The lowest BCUT2D eigenvalue weighted by Crippen LogP contribution is -2.92. The monoisotopic (exact) mass is 368 g/mol. The summed E-state index contributed by atoms with van der Waals surface area (Å²) in [4.78, 5) is 12.4. The summed E-state index contributed by atoms with van der Waals surface area (Å²) in [5, 5.41) is 5.02. The highest BCUT2D eigenvalue weighted by Gasteiger charge is 2.28. The van der Waals surface area contributed by atoms with E-state index in [0.29, 0.717) is 24.0 Å². The van der Waals surface area contributed by atoms with Gasteiger partial charge in [-0.05, 0) is 38.8 Å². The number of sulfonamides is 1. The van der Waals surface area contributed by atoms with E-state index >= 15 is 0 Å². The van der Waals surface area contributed by atoms with E-state index in [2.05, 4.69) is 5.32 Å². The van der Waals surface area contributed by atoms with Gasteiger partial charge in [-0.25, -0.2) is 8.42 Å². The van der Waals surface area contributed by atoms with E-state index in [1.165, 1.54) is 4.31 Å². The first-order valence-corrected chi connectivity index (χ1v) is 10.5. The van der Waals surface area contributed by atoms with Gasteiger partial charge in [-0.3, -0.25) is 4.79 Å². The topological polar surface area (TPSA) is 83.1 Å². The molecule has 1 aromatic rings. The standard InChI is InChI=1S/C18H29N3O3S/c1-5-21(6-2)25(23,24)17-11-7-15(8-12-17)13(3)19-14(4)18(22)20-16-9-10-16/h7-8,11-14,16,19H,5-6,9-10H2,1-4H3,(H,20,22)/p+1/t13-,14+/m1/s1. The average molecular weight is 369 g/mol. The fourth-order valence-electron chi connectivity index (χ4n) is 2.85. The molecule has 1 saturated carbocycles. The number of amides is 1. The second-order valence-electron chi connectivity index (χ2n) is 6.71. The van der Waals surface area contributed by atoms with Gasteiger partial charge in [0.05, 0.1) is 4.90 Å². The molecule has 0 spiro atoms. The minimum Gasteiger partial charge on any atom is -0.348 e. The fourth-order valence-corrected chi connectivity index (χ4v) is 4.31. The Bertz CT molecular complexity index is 680. The number of rotatable bonds is 9. The largest absolute Gasteiger partial charge is 0.348 e. The molecule has 1 fully saturated rings. The van der Waals surface area contributed by atoms with E-state index in [1.807, 2.05) is 45.1 Å². The molecule has 0 aliphatic heterocycles. The van der Waals surface area contributed by atoms with Crippen LogP contribution < -0.4 is 10.6 Å². The Labute approximate surface area is 151 Å². The molecule has 2 rings (SSSR count). The molecule has 1 aromatic carbocycles. The molecule has 1 aliphatic carbocycles. The predicted octanol–water partition coefficient (Wildman–Crippen LogP) is 1.01. The number of quaternary nitrogens is 1. The predicted molar refractivity (Wildman–Crippen MR) is 97.5 cm³/mol. The Balaban J connectivity index is 2.02. The highest BCUT2D eigenvalue weighted by molar-refractivity contribution is 7.89. The summed E-state index contributed by atoms with van der Waals surface area (Å²) in [5.41, 5.74) is 1.00. The van der Waals surface area contributed by atoms with Crippen molar-refractivity contribution in [2.45, 2.75) is 63.6 Å². The molecular weight excluding hydrogens is 338 g/mol. The molecule has 0 unspecified atom stereocenters. The second-order valence-corrected chi connectivity index (χ2v) is 8.65. The summed E-state index contributed by atoms with van der Waals surface area (Å²) in [6.45, 7) is 8.50. The van der Waals surface area contributed by atoms with Crippen LogP contribution in [0.3, 0.4) is 0 Å². The molecule has 3 N–H and O–H groups in total. The van der Waals surface area contributed by atoms with Gasteiger partial charge in [0.2, 0.25) is 10.0 Å². The van der Waals surface area contributed by atoms with Crippen molar-refractivity contribution in [3.8, 4) is 0 Å². The van der Waals surface area contributed by atoms with Crippen molar-refractivity contribution in [3.63, 3.8) is 0 Å². The molecule has 140 valence electrons. The van der Waals surface area contributed by atoms with Gasteiger partial charge in [-0.15, -0.1) is 0 Å². The Morgan fingerprint density at radius 3 is 2.24 bits per heavy atom. The first-order valence-electron chi connectivity index (χ1n) is 9.05. The van der Waals surface area contributed by atoms with Crippen LogP contribution in [-0.2, 0) is 14.8 Å². The Morgan fingerprint density at radius 2 is 1.76 bits per heavy atom. The van der Waals surface area contributed by atoms with Crippen molar-refractivity contribution >= 4 is 15.9 Å². The highest BCUT2D eigenvalue weighted by Crippen LogP contribution is 2.19. The van der Waals surface area contributed by atoms with E-state index in [1.54, 1.807) is 12.1 Å². The van der Waals surface area contributed by atoms with Crippen LogP contribution in [0.2, 0.25) is 0 Å². The zero-order valence-corrected chi connectivity index (χ0v) is 16.3. The molecule has 0 aromatic heterocycles. The van der Waals surface area contributed by atoms with Crippen molar-refractivity contribution in [1.29, 1.82) is 0 Å². The molecule has 2 atom stereocenters. The highest BCUT2D eigenvalue weighted by atomic mass is 32.2. The quantitative estimate of drug-likeness (QED) is 0.682. The number of hydrogen-bond donors (Lipinski definition) is 2. The minimum absolute atomic E-state index is 0.0649. The van der Waals surface area contributed by atoms with Gasteiger partial charge in [-0.1, -0.05) is 26.0 Å². The van der Waals surface area contributed by atoms with E-state index < -0.39 is 10.0 Å². The lowest BCUT2D eigenvalue weighted by Gasteiger charge is -2.19. The van der Waals surface area contributed by atoms with Crippen LogP contribution in [0.4, 0.5) is 0 Å². The van der Waals surface area contributed by atoms with Crippen LogP contribution in [0, 0.1) is 0 Å². The van der Waals surface area contributed by atoms with Crippen LogP contribution in [0.15, 0.2) is 29.2 Å². The molecule has 6 nitrogen and oxygen atoms in total. The zero-order chi connectivity index (χ0) is 18.6. The lowest BCUT2D eigenvalue weighted by molar-refractivity contribution is -0.710. The molecular formula is C18H30N3O3S+. The van der Waals surface area contributed by atoms with Crippen LogP contribution in [-0.4, -0.2) is 43.8 Å². The third-order valence-electron chi connectivity index (χ3n) is 4.66. The number of benzene rings is 1. The number of nitrogens with one attached hydrogen (secondary N) is 1. The summed E-state index contributed by atoms with van der Waals surface area (Å²) >= 11 is 0. The summed E-state index contributed by atoms with van der Waals surface area (Å²) in [5.74, 6) is 0.0649. The van der Waals surface area contributed by atoms with Gasteiger partial charge >= 0.3 is 0 Å². The maximum atomic E-state index is 12.5. The van der Waals surface area contributed by atoms with Crippen molar-refractivity contribution in [2.75, 3.05) is 13.1 Å². The molecule has 7 heteroatoms. The zero-order valence-electron chi connectivity index (χ0n) is 15.5. The molecule has 0 heterocycles. The van der Waals surface area contributed by atoms with E-state index in [4.69, 9.17) is 0 Å². The summed E-state index contributed by atoms with van der Waals surface area (Å²) in [6, 6.07) is 7.25. The van der Waals surface area contributed by atoms with Gasteiger partial charge in [0, 0.05) is 24.7 Å². The Kier molecular flexibility index (Phi) is 6.59. The SMILES string of the molecule is CCN(CC)S(=O)(=O)c1ccc([C@@H](C)[NH2+][C@@H](C)C(=O)NC2CC2)cc1. The Morgan fingerprint density at radius 1 is 1.20 bits per heavy atom. The van der Waals surface area contributed by atoms with Crippen LogP contribution >= 0.6 is 0 Å². The third-order valence-corrected chi connectivity index (χ3v) is 6.73. The van der Waals surface area contributed by atoms with E-state index in [-0.39, 0.29) is 18.0 Å². The molecule has 0 bridgehead atoms. The normalized spacial score (nSPS) is 17.3.